The minimum atomic E-state index is -0.246. The average molecular weight is 266 g/mol. The molecule has 2 aromatic heterocycles. The molecule has 6 nitrogen and oxygen atoms in total. The Balaban J connectivity index is 1.73. The van der Waals surface area contributed by atoms with Crippen LogP contribution in [0.2, 0.25) is 5.15 Å². The molecular formula is C11H12ClN5O. The minimum Gasteiger partial charge on any atom is -0.351 e. The van der Waals surface area contributed by atoms with E-state index in [-0.39, 0.29) is 16.8 Å². The summed E-state index contributed by atoms with van der Waals surface area (Å²) in [4.78, 5) is 23.3. The van der Waals surface area contributed by atoms with Crippen LogP contribution in [0.5, 0.6) is 0 Å². The van der Waals surface area contributed by atoms with E-state index in [1.807, 2.05) is 10.8 Å². The van der Waals surface area contributed by atoms with E-state index in [2.05, 4.69) is 20.3 Å². The van der Waals surface area contributed by atoms with Crippen LogP contribution in [0.3, 0.4) is 0 Å². The van der Waals surface area contributed by atoms with Gasteiger partial charge in [-0.2, -0.15) is 0 Å². The normalized spacial score (nSPS) is 10.3. The SMILES string of the molecule is O=C(NCCCn1ccnc1)c1cnc(Cl)cn1. The number of imidazole rings is 1. The second-order valence-corrected chi connectivity index (χ2v) is 4.02. The summed E-state index contributed by atoms with van der Waals surface area (Å²) in [6, 6.07) is 0. The van der Waals surface area contributed by atoms with Gasteiger partial charge in [-0.1, -0.05) is 11.6 Å². The van der Waals surface area contributed by atoms with Crippen molar-refractivity contribution in [3.63, 3.8) is 0 Å². The van der Waals surface area contributed by atoms with E-state index >= 15 is 0 Å². The largest absolute Gasteiger partial charge is 0.351 e. The van der Waals surface area contributed by atoms with Crippen LogP contribution in [-0.2, 0) is 6.54 Å². The molecule has 0 aliphatic carbocycles. The van der Waals surface area contributed by atoms with Gasteiger partial charge in [0.25, 0.3) is 5.91 Å². The fourth-order valence-corrected chi connectivity index (χ4v) is 1.50. The molecule has 0 spiro atoms. The highest BCUT2D eigenvalue weighted by Gasteiger charge is 2.06. The number of carbonyl (C=O) groups excluding carboxylic acids is 1. The summed E-state index contributed by atoms with van der Waals surface area (Å²) in [5, 5.41) is 3.03. The van der Waals surface area contributed by atoms with Crippen LogP contribution < -0.4 is 5.32 Å². The second-order valence-electron chi connectivity index (χ2n) is 3.63. The first-order valence-corrected chi connectivity index (χ1v) is 5.85. The number of hydrogen-bond donors (Lipinski definition) is 1. The van der Waals surface area contributed by atoms with Gasteiger partial charge >= 0.3 is 0 Å². The van der Waals surface area contributed by atoms with Crippen molar-refractivity contribution < 1.29 is 4.79 Å². The number of hydrogen-bond acceptors (Lipinski definition) is 4. The molecule has 2 aromatic rings. The molecule has 0 aliphatic rings. The molecule has 0 saturated carbocycles. The van der Waals surface area contributed by atoms with Crippen LogP contribution in [-0.4, -0.2) is 32.0 Å². The van der Waals surface area contributed by atoms with Gasteiger partial charge in [0.15, 0.2) is 0 Å². The van der Waals surface area contributed by atoms with E-state index in [9.17, 15) is 4.79 Å². The molecule has 0 radical (unpaired) electrons. The summed E-state index contributed by atoms with van der Waals surface area (Å²) < 4.78 is 1.95. The fraction of sp³-hybridized carbons (Fsp3) is 0.273. The molecule has 18 heavy (non-hydrogen) atoms. The number of carbonyl (C=O) groups is 1. The summed E-state index contributed by atoms with van der Waals surface area (Å²) >= 11 is 5.59. The summed E-state index contributed by atoms with van der Waals surface area (Å²) in [5.41, 5.74) is 0.266. The van der Waals surface area contributed by atoms with Gasteiger partial charge in [-0.3, -0.25) is 4.79 Å². The lowest BCUT2D eigenvalue weighted by Crippen LogP contribution is -2.26. The highest BCUT2D eigenvalue weighted by atomic mass is 35.5. The van der Waals surface area contributed by atoms with Crippen LogP contribution in [0.25, 0.3) is 0 Å². The third kappa shape index (κ3) is 3.53. The predicted octanol–water partition coefficient (Wildman–Crippen LogP) is 1.15. The Labute approximate surface area is 109 Å². The molecule has 7 heteroatoms. The molecule has 2 rings (SSSR count). The van der Waals surface area contributed by atoms with E-state index in [1.165, 1.54) is 12.4 Å². The van der Waals surface area contributed by atoms with Crippen molar-refractivity contribution in [3.8, 4) is 0 Å². The molecule has 0 atom stereocenters. The molecule has 2 heterocycles. The average Bonchev–Trinajstić information content (AvgIpc) is 2.88. The van der Waals surface area contributed by atoms with Gasteiger partial charge in [0.1, 0.15) is 10.8 Å². The van der Waals surface area contributed by atoms with Gasteiger partial charge in [-0.25, -0.2) is 15.0 Å². The molecular weight excluding hydrogens is 254 g/mol. The number of aryl methyl sites for hydroxylation is 1. The molecule has 0 saturated heterocycles. The zero-order valence-electron chi connectivity index (χ0n) is 9.58. The predicted molar refractivity (Wildman–Crippen MR) is 66.2 cm³/mol. The Bertz CT molecular complexity index is 497. The fourth-order valence-electron chi connectivity index (χ4n) is 1.40. The Morgan fingerprint density at radius 1 is 1.39 bits per heavy atom. The maximum Gasteiger partial charge on any atom is 0.271 e. The van der Waals surface area contributed by atoms with E-state index in [0.717, 1.165) is 13.0 Å². The van der Waals surface area contributed by atoms with Crippen LogP contribution in [0.1, 0.15) is 16.9 Å². The first-order valence-electron chi connectivity index (χ1n) is 5.47. The lowest BCUT2D eigenvalue weighted by molar-refractivity contribution is 0.0947. The summed E-state index contributed by atoms with van der Waals surface area (Å²) in [5.74, 6) is -0.246. The van der Waals surface area contributed by atoms with Crippen molar-refractivity contribution >= 4 is 17.5 Å². The topological polar surface area (TPSA) is 72.7 Å². The van der Waals surface area contributed by atoms with Gasteiger partial charge in [0.05, 0.1) is 18.7 Å². The summed E-state index contributed by atoms with van der Waals surface area (Å²) in [6.07, 6.45) is 8.87. The summed E-state index contributed by atoms with van der Waals surface area (Å²) in [6.45, 7) is 1.38. The van der Waals surface area contributed by atoms with Gasteiger partial charge in [-0.05, 0) is 6.42 Å². The van der Waals surface area contributed by atoms with Crippen molar-refractivity contribution in [1.29, 1.82) is 0 Å². The van der Waals surface area contributed by atoms with Crippen molar-refractivity contribution in [2.24, 2.45) is 0 Å². The van der Waals surface area contributed by atoms with Gasteiger partial charge in [0.2, 0.25) is 0 Å². The minimum absolute atomic E-state index is 0.246. The second kappa shape index (κ2) is 6.11. The first-order chi connectivity index (χ1) is 8.75. The van der Waals surface area contributed by atoms with E-state index in [4.69, 9.17) is 11.6 Å². The number of amides is 1. The van der Waals surface area contributed by atoms with Gasteiger partial charge in [-0.15, -0.1) is 0 Å². The zero-order valence-corrected chi connectivity index (χ0v) is 10.3. The smallest absolute Gasteiger partial charge is 0.271 e. The maximum atomic E-state index is 11.6. The van der Waals surface area contributed by atoms with Gasteiger partial charge < -0.3 is 9.88 Å². The number of aromatic nitrogens is 4. The highest BCUT2D eigenvalue weighted by Crippen LogP contribution is 2.01. The monoisotopic (exact) mass is 265 g/mol. The third-order valence-corrected chi connectivity index (χ3v) is 2.49. The van der Waals surface area contributed by atoms with Crippen molar-refractivity contribution in [2.75, 3.05) is 6.54 Å². The molecule has 0 unspecified atom stereocenters. The highest BCUT2D eigenvalue weighted by molar-refractivity contribution is 6.29. The Morgan fingerprint density at radius 2 is 2.28 bits per heavy atom. The van der Waals surface area contributed by atoms with Crippen LogP contribution in [0, 0.1) is 0 Å². The van der Waals surface area contributed by atoms with Crippen molar-refractivity contribution in [1.82, 2.24) is 24.8 Å². The van der Waals surface area contributed by atoms with Crippen LogP contribution >= 0.6 is 11.6 Å². The third-order valence-electron chi connectivity index (χ3n) is 2.29. The number of nitrogens with one attached hydrogen (secondary N) is 1. The maximum absolute atomic E-state index is 11.6. The van der Waals surface area contributed by atoms with Crippen molar-refractivity contribution in [2.45, 2.75) is 13.0 Å². The molecule has 94 valence electrons. The molecule has 0 fully saturated rings. The number of halogens is 1. The van der Waals surface area contributed by atoms with Crippen molar-refractivity contribution in [3.05, 3.63) is 42.0 Å². The zero-order chi connectivity index (χ0) is 12.8. The standard InChI is InChI=1S/C11H12ClN5O/c12-10-7-15-9(6-16-10)11(18)14-2-1-4-17-5-3-13-8-17/h3,5-8H,1-2,4H2,(H,14,18). The van der Waals surface area contributed by atoms with E-state index < -0.39 is 0 Å². The van der Waals surface area contributed by atoms with E-state index in [1.54, 1.807) is 12.5 Å². The number of nitrogens with zero attached hydrogens (tertiary/aromatic N) is 4. The molecule has 0 bridgehead atoms. The number of rotatable bonds is 5. The Morgan fingerprint density at radius 3 is 2.94 bits per heavy atom. The quantitative estimate of drug-likeness (QED) is 0.823. The Hall–Kier alpha value is -1.95. The van der Waals surface area contributed by atoms with E-state index in [0.29, 0.717) is 6.54 Å². The summed E-state index contributed by atoms with van der Waals surface area (Å²) in [7, 11) is 0. The molecule has 0 aliphatic heterocycles. The molecule has 1 N–H and O–H groups in total. The van der Waals surface area contributed by atoms with Gasteiger partial charge in [0, 0.05) is 25.5 Å². The molecule has 0 aromatic carbocycles. The van der Waals surface area contributed by atoms with Crippen LogP contribution in [0.4, 0.5) is 0 Å². The lowest BCUT2D eigenvalue weighted by atomic mass is 10.3. The lowest BCUT2D eigenvalue weighted by Gasteiger charge is -2.04. The molecule has 1 amide bonds. The van der Waals surface area contributed by atoms with Crippen LogP contribution in [0.15, 0.2) is 31.1 Å². The first kappa shape index (κ1) is 12.5. The Kier molecular flexibility index (Phi) is 4.25.